The van der Waals surface area contributed by atoms with Crippen molar-refractivity contribution in [1.82, 2.24) is 9.55 Å². The van der Waals surface area contributed by atoms with Gasteiger partial charge in [-0.15, -0.1) is 38.2 Å². The van der Waals surface area contributed by atoms with Crippen LogP contribution in [0.25, 0.3) is 71.9 Å². The highest BCUT2D eigenvalue weighted by atomic mass is 15.1. The highest BCUT2D eigenvalue weighted by Gasteiger charge is 2.27. The van der Waals surface area contributed by atoms with Gasteiger partial charge in [-0.2, -0.15) is 0 Å². The molecular formula is C39H39B13N2. The van der Waals surface area contributed by atoms with E-state index in [4.69, 9.17) is 4.98 Å². The molecule has 8 aromatic rings. The van der Waals surface area contributed by atoms with E-state index in [-0.39, 0.29) is 0 Å². The van der Waals surface area contributed by atoms with Crippen molar-refractivity contribution in [1.29, 1.82) is 0 Å². The van der Waals surface area contributed by atoms with E-state index < -0.39 is 0 Å². The minimum absolute atomic E-state index is 0.969. The van der Waals surface area contributed by atoms with Gasteiger partial charge in [0.25, 0.3) is 0 Å². The van der Waals surface area contributed by atoms with E-state index in [9.17, 15) is 0 Å². The zero-order valence-corrected chi connectivity index (χ0v) is 34.4. The molecule has 0 amide bonds. The molecule has 0 fully saturated rings. The summed E-state index contributed by atoms with van der Waals surface area (Å²) in [5, 5.41) is 5.29. The second-order valence-electron chi connectivity index (χ2n) is 15.9. The van der Waals surface area contributed by atoms with E-state index in [1.54, 1.807) is 0 Å². The quantitative estimate of drug-likeness (QED) is 0.134. The number of hydrogen-bond acceptors (Lipinski definition) is 1. The number of rotatable bonds is 4. The summed E-state index contributed by atoms with van der Waals surface area (Å²) >= 11 is 0. The third kappa shape index (κ3) is 5.17. The highest BCUT2D eigenvalue weighted by Crippen LogP contribution is 2.41. The van der Waals surface area contributed by atoms with Crippen LogP contribution in [0.3, 0.4) is 0 Å². The van der Waals surface area contributed by atoms with E-state index in [2.05, 4.69) is 185 Å². The summed E-state index contributed by atoms with van der Waals surface area (Å²) in [6.45, 7) is 0. The molecule has 15 heteroatoms. The van der Waals surface area contributed by atoms with E-state index in [1.165, 1.54) is 121 Å². The summed E-state index contributed by atoms with van der Waals surface area (Å²) in [6.07, 6.45) is 0. The van der Waals surface area contributed by atoms with E-state index in [0.29, 0.717) is 0 Å². The molecule has 0 N–H and O–H groups in total. The molecule has 0 aliphatic rings. The average molecular weight is 676 g/mol. The predicted molar refractivity (Wildman–Crippen MR) is 279 cm³/mol. The second kappa shape index (κ2) is 13.3. The summed E-state index contributed by atoms with van der Waals surface area (Å²) < 4.78 is 2.48. The minimum Gasteiger partial charge on any atom is -0.291 e. The van der Waals surface area contributed by atoms with Gasteiger partial charge in [-0.05, 0) is 55.9 Å². The first-order valence-corrected chi connectivity index (χ1v) is 19.4. The SMILES string of the molecule is Bc1c(B)c(B)c(-c2ccc(-c3c4c(B)c(B)c(B)c(B)c4c(-n4c(-c5ccccc5)nc5ccccc54)c4c(B)c(B)c(B)c(B)c34)cc2)c(B)c1B. The number of imidazole rings is 1. The normalized spacial score (nSPS) is 11.6. The molecule has 0 unspecified atom stereocenters. The van der Waals surface area contributed by atoms with Gasteiger partial charge in [-0.1, -0.05) is 99.5 Å². The van der Waals surface area contributed by atoms with Crippen molar-refractivity contribution in [2.24, 2.45) is 0 Å². The summed E-state index contributed by atoms with van der Waals surface area (Å²) in [5.74, 6) is 0.969. The summed E-state index contributed by atoms with van der Waals surface area (Å²) in [5.41, 5.74) is 27.4. The Balaban J connectivity index is 1.59. The van der Waals surface area contributed by atoms with Crippen molar-refractivity contribution in [2.75, 3.05) is 0 Å². The van der Waals surface area contributed by atoms with Crippen LogP contribution in [-0.4, -0.2) is 112 Å². The Hall–Kier alpha value is -4.63. The number of fused-ring (bicyclic) bond motifs is 3. The average Bonchev–Trinajstić information content (AvgIpc) is 3.58. The molecule has 0 spiro atoms. The predicted octanol–water partition coefficient (Wildman–Crippen LogP) is -12.3. The van der Waals surface area contributed by atoms with Crippen molar-refractivity contribution < 1.29 is 0 Å². The van der Waals surface area contributed by atoms with Gasteiger partial charge in [0.1, 0.15) is 108 Å². The van der Waals surface area contributed by atoms with Gasteiger partial charge in [0.15, 0.2) is 0 Å². The van der Waals surface area contributed by atoms with E-state index in [1.807, 2.05) is 0 Å². The largest absolute Gasteiger partial charge is 0.291 e. The Morgan fingerprint density at radius 1 is 0.333 bits per heavy atom. The first-order valence-electron chi connectivity index (χ1n) is 19.4. The van der Waals surface area contributed by atoms with E-state index in [0.717, 1.165) is 22.4 Å². The standard InChI is InChI=1S/C39H39B13N2/c40-25-20(26(41)32(47)37(52)31(25)46)15-12-10-14(11-13-15)19-21-23(29(44)35(50)33(48)27(21)42)38(24-22(19)28(43)34(49)36(51)30(24)45)54-18-9-5-4-8-17(18)53-39(54)16-6-2-1-3-7-16/h1-13H,40-52H2. The maximum absolute atomic E-state index is 5.37. The zero-order valence-electron chi connectivity index (χ0n) is 34.4. The van der Waals surface area contributed by atoms with Crippen molar-refractivity contribution in [3.8, 4) is 39.3 Å². The van der Waals surface area contributed by atoms with Gasteiger partial charge in [-0.3, -0.25) is 4.57 Å². The number of para-hydroxylation sites is 2. The molecule has 54 heavy (non-hydrogen) atoms. The molecule has 1 aromatic heterocycles. The van der Waals surface area contributed by atoms with Crippen LogP contribution in [0.4, 0.5) is 0 Å². The van der Waals surface area contributed by atoms with Crippen molar-refractivity contribution in [3.05, 3.63) is 78.9 Å². The Morgan fingerprint density at radius 3 is 1.22 bits per heavy atom. The number of hydrogen-bond donors (Lipinski definition) is 0. The van der Waals surface area contributed by atoms with Crippen LogP contribution < -0.4 is 71.0 Å². The molecule has 0 saturated carbocycles. The maximum atomic E-state index is 5.37. The fourth-order valence-corrected chi connectivity index (χ4v) is 9.37. The molecule has 0 radical (unpaired) electrons. The molecule has 0 bridgehead atoms. The van der Waals surface area contributed by atoms with Crippen LogP contribution in [0.1, 0.15) is 0 Å². The van der Waals surface area contributed by atoms with Crippen LogP contribution in [0.2, 0.25) is 0 Å². The summed E-state index contributed by atoms with van der Waals surface area (Å²) in [4.78, 5) is 5.37. The zero-order chi connectivity index (χ0) is 38.5. The van der Waals surface area contributed by atoms with Crippen molar-refractivity contribution in [3.63, 3.8) is 0 Å². The van der Waals surface area contributed by atoms with Crippen LogP contribution in [0.15, 0.2) is 78.9 Å². The van der Waals surface area contributed by atoms with Gasteiger partial charge < -0.3 is 0 Å². The van der Waals surface area contributed by atoms with Crippen LogP contribution in [0, 0.1) is 0 Å². The maximum Gasteiger partial charge on any atom is 0.145 e. The smallest absolute Gasteiger partial charge is 0.145 e. The molecule has 0 saturated heterocycles. The van der Waals surface area contributed by atoms with Gasteiger partial charge >= 0.3 is 0 Å². The van der Waals surface area contributed by atoms with Gasteiger partial charge in [0, 0.05) is 5.56 Å². The van der Waals surface area contributed by atoms with Crippen LogP contribution >= 0.6 is 0 Å². The molecule has 0 aliphatic heterocycles. The van der Waals surface area contributed by atoms with Crippen LogP contribution in [0.5, 0.6) is 0 Å². The van der Waals surface area contributed by atoms with Gasteiger partial charge in [0.2, 0.25) is 0 Å². The first-order chi connectivity index (χ1) is 25.8. The monoisotopic (exact) mass is 678 g/mol. The fraction of sp³-hybridized carbons (Fsp3) is 0. The highest BCUT2D eigenvalue weighted by molar-refractivity contribution is 6.71. The molecule has 244 valence electrons. The molecule has 2 nitrogen and oxygen atoms in total. The molecule has 1 heterocycles. The van der Waals surface area contributed by atoms with Gasteiger partial charge in [0.05, 0.1) is 16.7 Å². The molecule has 8 rings (SSSR count). The topological polar surface area (TPSA) is 17.8 Å². The molecule has 7 aromatic carbocycles. The first kappa shape index (κ1) is 36.4. The van der Waals surface area contributed by atoms with E-state index >= 15 is 0 Å². The van der Waals surface area contributed by atoms with Crippen LogP contribution in [-0.2, 0) is 0 Å². The molecule has 0 atom stereocenters. The van der Waals surface area contributed by atoms with Gasteiger partial charge in [-0.25, -0.2) is 4.98 Å². The number of benzene rings is 7. The molecule has 0 aliphatic carbocycles. The molecular weight excluding hydrogens is 637 g/mol. The number of nitrogens with zero attached hydrogens (tertiary/aromatic N) is 2. The lowest BCUT2D eigenvalue weighted by Gasteiger charge is -2.29. The third-order valence-corrected chi connectivity index (χ3v) is 13.6. The third-order valence-electron chi connectivity index (χ3n) is 13.6. The Bertz CT molecular complexity index is 2790. The number of aromatic nitrogens is 2. The Kier molecular flexibility index (Phi) is 8.95. The lowest BCUT2D eigenvalue weighted by atomic mass is 9.59. The lowest BCUT2D eigenvalue weighted by molar-refractivity contribution is 1.13. The van der Waals surface area contributed by atoms with Crippen molar-refractivity contribution >= 4 is 206 Å². The fourth-order valence-electron chi connectivity index (χ4n) is 9.37. The Labute approximate surface area is 331 Å². The summed E-state index contributed by atoms with van der Waals surface area (Å²) in [6, 6.07) is 28.9. The minimum atomic E-state index is 0.969. The Morgan fingerprint density at radius 2 is 0.722 bits per heavy atom. The lowest BCUT2D eigenvalue weighted by Crippen LogP contribution is -2.55. The second-order valence-corrected chi connectivity index (χ2v) is 15.9. The van der Waals surface area contributed by atoms with Crippen molar-refractivity contribution in [2.45, 2.75) is 0 Å². The summed E-state index contributed by atoms with van der Waals surface area (Å²) in [7, 11) is 30.0.